The molecule has 1 nitrogen and oxygen atoms in total. The minimum atomic E-state index is 0.880. The Labute approximate surface area is 116 Å². The summed E-state index contributed by atoms with van der Waals surface area (Å²) in [7, 11) is 0. The lowest BCUT2D eigenvalue weighted by molar-refractivity contribution is 0.631. The van der Waals surface area contributed by atoms with Crippen LogP contribution in [0.5, 0.6) is 0 Å². The van der Waals surface area contributed by atoms with E-state index >= 15 is 0 Å². The quantitative estimate of drug-likeness (QED) is 0.554. The molecular formula is C14H8Br2O. The van der Waals surface area contributed by atoms with E-state index in [0.717, 1.165) is 31.2 Å². The first kappa shape index (κ1) is 11.1. The molecule has 3 rings (SSSR count). The SMILES string of the molecule is Brc1ccc(-c2cc3ccccc3o2)c(Br)c1. The van der Waals surface area contributed by atoms with Crippen LogP contribution >= 0.6 is 31.9 Å². The monoisotopic (exact) mass is 350 g/mol. The van der Waals surface area contributed by atoms with Crippen molar-refractivity contribution < 1.29 is 4.42 Å². The maximum atomic E-state index is 5.83. The van der Waals surface area contributed by atoms with Gasteiger partial charge in [0.15, 0.2) is 0 Å². The van der Waals surface area contributed by atoms with E-state index in [4.69, 9.17) is 4.42 Å². The zero-order valence-electron chi connectivity index (χ0n) is 8.78. The topological polar surface area (TPSA) is 13.1 Å². The van der Waals surface area contributed by atoms with Crippen molar-refractivity contribution in [3.8, 4) is 11.3 Å². The summed E-state index contributed by atoms with van der Waals surface area (Å²) in [6.45, 7) is 0. The van der Waals surface area contributed by atoms with Gasteiger partial charge in [0.25, 0.3) is 0 Å². The van der Waals surface area contributed by atoms with Crippen LogP contribution in [0, 0.1) is 0 Å². The summed E-state index contributed by atoms with van der Waals surface area (Å²) in [5.74, 6) is 0.880. The molecule has 3 heteroatoms. The molecule has 0 saturated heterocycles. The first-order chi connectivity index (χ1) is 8.24. The van der Waals surface area contributed by atoms with Crippen molar-refractivity contribution in [3.05, 3.63) is 57.5 Å². The van der Waals surface area contributed by atoms with Gasteiger partial charge >= 0.3 is 0 Å². The minimum absolute atomic E-state index is 0.880. The summed E-state index contributed by atoms with van der Waals surface area (Å²) in [6, 6.07) is 16.1. The van der Waals surface area contributed by atoms with E-state index in [0.29, 0.717) is 0 Å². The molecule has 17 heavy (non-hydrogen) atoms. The molecule has 0 atom stereocenters. The van der Waals surface area contributed by atoms with Crippen LogP contribution in [0.1, 0.15) is 0 Å². The van der Waals surface area contributed by atoms with E-state index in [-0.39, 0.29) is 0 Å². The fourth-order valence-electron chi connectivity index (χ4n) is 1.80. The highest BCUT2D eigenvalue weighted by atomic mass is 79.9. The predicted molar refractivity (Wildman–Crippen MR) is 77.1 cm³/mol. The molecule has 0 aliphatic rings. The van der Waals surface area contributed by atoms with E-state index in [2.05, 4.69) is 44.0 Å². The number of benzene rings is 2. The van der Waals surface area contributed by atoms with Gasteiger partial charge in [0.2, 0.25) is 0 Å². The average Bonchev–Trinajstić information content (AvgIpc) is 2.72. The third-order valence-electron chi connectivity index (χ3n) is 2.62. The van der Waals surface area contributed by atoms with E-state index in [9.17, 15) is 0 Å². The van der Waals surface area contributed by atoms with Crippen LogP contribution < -0.4 is 0 Å². The average molecular weight is 352 g/mol. The smallest absolute Gasteiger partial charge is 0.136 e. The Kier molecular flexibility index (Phi) is 2.81. The van der Waals surface area contributed by atoms with Gasteiger partial charge < -0.3 is 4.42 Å². The summed E-state index contributed by atoms with van der Waals surface area (Å²) in [6.07, 6.45) is 0. The molecule has 2 aromatic carbocycles. The highest BCUT2D eigenvalue weighted by Crippen LogP contribution is 2.34. The Balaban J connectivity index is 2.20. The van der Waals surface area contributed by atoms with Gasteiger partial charge in [-0.1, -0.05) is 34.1 Å². The van der Waals surface area contributed by atoms with Crippen molar-refractivity contribution in [2.24, 2.45) is 0 Å². The molecule has 3 aromatic rings. The minimum Gasteiger partial charge on any atom is -0.456 e. The second-order valence-corrected chi connectivity index (χ2v) is 5.54. The van der Waals surface area contributed by atoms with Crippen molar-refractivity contribution >= 4 is 42.8 Å². The summed E-state index contributed by atoms with van der Waals surface area (Å²) in [5, 5.41) is 1.12. The second kappa shape index (κ2) is 4.31. The molecule has 0 aliphatic heterocycles. The molecular weight excluding hydrogens is 344 g/mol. The van der Waals surface area contributed by atoms with Crippen LogP contribution in [-0.4, -0.2) is 0 Å². The van der Waals surface area contributed by atoms with Gasteiger partial charge in [0, 0.05) is 19.9 Å². The Morgan fingerprint density at radius 2 is 1.71 bits per heavy atom. The number of furan rings is 1. The van der Waals surface area contributed by atoms with Crippen LogP contribution in [0.3, 0.4) is 0 Å². The molecule has 0 radical (unpaired) electrons. The van der Waals surface area contributed by atoms with E-state index < -0.39 is 0 Å². The standard InChI is InChI=1S/C14H8Br2O/c15-10-5-6-11(12(16)8-10)14-7-9-3-1-2-4-13(9)17-14/h1-8H. The molecule has 0 saturated carbocycles. The predicted octanol–water partition coefficient (Wildman–Crippen LogP) is 5.62. The molecule has 0 aliphatic carbocycles. The van der Waals surface area contributed by atoms with Gasteiger partial charge in [-0.25, -0.2) is 0 Å². The van der Waals surface area contributed by atoms with Gasteiger partial charge in [-0.2, -0.15) is 0 Å². The number of fused-ring (bicyclic) bond motifs is 1. The summed E-state index contributed by atoms with van der Waals surface area (Å²) in [5.41, 5.74) is 1.97. The van der Waals surface area contributed by atoms with Crippen molar-refractivity contribution in [2.45, 2.75) is 0 Å². The van der Waals surface area contributed by atoms with Gasteiger partial charge in [-0.05, 0) is 46.3 Å². The molecule has 84 valence electrons. The first-order valence-corrected chi connectivity index (χ1v) is 6.76. The first-order valence-electron chi connectivity index (χ1n) is 5.18. The lowest BCUT2D eigenvalue weighted by atomic mass is 10.1. The molecule has 0 bridgehead atoms. The molecule has 0 amide bonds. The fourth-order valence-corrected chi connectivity index (χ4v) is 3.05. The summed E-state index contributed by atoms with van der Waals surface area (Å²) >= 11 is 6.99. The summed E-state index contributed by atoms with van der Waals surface area (Å²) in [4.78, 5) is 0. The second-order valence-electron chi connectivity index (χ2n) is 3.77. The number of halogens is 2. The van der Waals surface area contributed by atoms with Crippen molar-refractivity contribution in [1.29, 1.82) is 0 Å². The van der Waals surface area contributed by atoms with Crippen LogP contribution in [-0.2, 0) is 0 Å². The van der Waals surface area contributed by atoms with E-state index in [1.165, 1.54) is 0 Å². The van der Waals surface area contributed by atoms with Crippen molar-refractivity contribution in [1.82, 2.24) is 0 Å². The number of hydrogen-bond acceptors (Lipinski definition) is 1. The zero-order chi connectivity index (χ0) is 11.8. The van der Waals surface area contributed by atoms with Crippen LogP contribution in [0.15, 0.2) is 61.9 Å². The molecule has 0 unspecified atom stereocenters. The Morgan fingerprint density at radius 3 is 2.47 bits per heavy atom. The lowest BCUT2D eigenvalue weighted by Crippen LogP contribution is -1.76. The van der Waals surface area contributed by atoms with Crippen LogP contribution in [0.25, 0.3) is 22.3 Å². The maximum Gasteiger partial charge on any atom is 0.136 e. The van der Waals surface area contributed by atoms with Gasteiger partial charge in [-0.3, -0.25) is 0 Å². The molecule has 0 fully saturated rings. The fraction of sp³-hybridized carbons (Fsp3) is 0. The van der Waals surface area contributed by atoms with Gasteiger partial charge in [-0.15, -0.1) is 0 Å². The number of hydrogen-bond donors (Lipinski definition) is 0. The molecule has 1 aromatic heterocycles. The third kappa shape index (κ3) is 2.05. The number of para-hydroxylation sites is 1. The largest absolute Gasteiger partial charge is 0.456 e. The maximum absolute atomic E-state index is 5.83. The van der Waals surface area contributed by atoms with Gasteiger partial charge in [0.05, 0.1) is 0 Å². The normalized spacial score (nSPS) is 10.9. The van der Waals surface area contributed by atoms with E-state index in [1.807, 2.05) is 36.4 Å². The molecule has 0 N–H and O–H groups in total. The van der Waals surface area contributed by atoms with Crippen molar-refractivity contribution in [3.63, 3.8) is 0 Å². The van der Waals surface area contributed by atoms with Gasteiger partial charge in [0.1, 0.15) is 11.3 Å². The number of rotatable bonds is 1. The Bertz CT molecular complexity index is 653. The van der Waals surface area contributed by atoms with Crippen LogP contribution in [0.2, 0.25) is 0 Å². The zero-order valence-corrected chi connectivity index (χ0v) is 12.0. The Morgan fingerprint density at radius 1 is 0.882 bits per heavy atom. The molecule has 0 spiro atoms. The highest BCUT2D eigenvalue weighted by molar-refractivity contribution is 9.11. The lowest BCUT2D eigenvalue weighted by Gasteiger charge is -2.00. The highest BCUT2D eigenvalue weighted by Gasteiger charge is 2.09. The molecule has 1 heterocycles. The third-order valence-corrected chi connectivity index (χ3v) is 3.77. The summed E-state index contributed by atoms with van der Waals surface area (Å²) < 4.78 is 7.89. The Hall–Kier alpha value is -1.06. The van der Waals surface area contributed by atoms with E-state index in [1.54, 1.807) is 0 Å². The van der Waals surface area contributed by atoms with Crippen molar-refractivity contribution in [2.75, 3.05) is 0 Å². The van der Waals surface area contributed by atoms with Crippen LogP contribution in [0.4, 0.5) is 0 Å².